The first-order valence-corrected chi connectivity index (χ1v) is 14.1. The maximum Gasteiger partial charge on any atom is 0.335 e. The molecule has 2 aliphatic heterocycles. The summed E-state index contributed by atoms with van der Waals surface area (Å²) in [6, 6.07) is 4.00. The largest absolute Gasteiger partial charge is 0.479 e. The summed E-state index contributed by atoms with van der Waals surface area (Å²) < 4.78 is 36.2. The van der Waals surface area contributed by atoms with Gasteiger partial charge in [-0.2, -0.15) is 0 Å². The van der Waals surface area contributed by atoms with Gasteiger partial charge < -0.3 is 79.3 Å². The van der Waals surface area contributed by atoms with E-state index in [0.29, 0.717) is 5.56 Å². The molecule has 0 bridgehead atoms. The van der Waals surface area contributed by atoms with Crippen LogP contribution in [0.2, 0.25) is 0 Å². The van der Waals surface area contributed by atoms with Crippen molar-refractivity contribution >= 4 is 24.3 Å². The van der Waals surface area contributed by atoms with Crippen molar-refractivity contribution in [3.63, 3.8) is 0 Å². The SMILES string of the molecule is O=COCc1ccc(O[C@@H]2O[C@H](C(=O)O)[C@@H](O)[C@H](O)[C@H]2O)c(C(=O)NCCOCCOCCO[C@@H]2O[C@H](C(=O)O)[C@@H](O)[C@H](O)[C@H]2O)c1. The Labute approximate surface area is 265 Å². The van der Waals surface area contributed by atoms with Crippen LogP contribution in [0.4, 0.5) is 0 Å². The summed E-state index contributed by atoms with van der Waals surface area (Å²) >= 11 is 0. The minimum atomic E-state index is -1.95. The first-order valence-electron chi connectivity index (χ1n) is 14.1. The maximum absolute atomic E-state index is 13.0. The Bertz CT molecular complexity index is 1200. The van der Waals surface area contributed by atoms with Gasteiger partial charge in [0.05, 0.1) is 38.6 Å². The number of aliphatic hydroxyl groups excluding tert-OH is 6. The molecule has 2 saturated heterocycles. The van der Waals surface area contributed by atoms with E-state index in [1.807, 2.05) is 0 Å². The predicted molar refractivity (Wildman–Crippen MR) is 146 cm³/mol. The molecule has 0 aliphatic carbocycles. The van der Waals surface area contributed by atoms with Gasteiger partial charge in [0.25, 0.3) is 12.4 Å². The normalized spacial score (nSPS) is 30.7. The highest BCUT2D eigenvalue weighted by Gasteiger charge is 2.49. The molecular weight excluding hydrogens is 642 g/mol. The minimum absolute atomic E-state index is 0.0131. The minimum Gasteiger partial charge on any atom is -0.479 e. The van der Waals surface area contributed by atoms with Crippen LogP contribution >= 0.6 is 0 Å². The van der Waals surface area contributed by atoms with Crippen LogP contribution in [0.15, 0.2) is 18.2 Å². The summed E-state index contributed by atoms with van der Waals surface area (Å²) in [4.78, 5) is 46.1. The quantitative estimate of drug-likeness (QED) is 0.0520. The lowest BCUT2D eigenvalue weighted by molar-refractivity contribution is -0.295. The van der Waals surface area contributed by atoms with Crippen molar-refractivity contribution in [2.75, 3.05) is 39.6 Å². The average molecular weight is 680 g/mol. The molecule has 2 aliphatic rings. The van der Waals surface area contributed by atoms with E-state index in [0.717, 1.165) is 0 Å². The standard InChI is InChI=1S/C27H37NO19/c29-11-43-10-12-1-2-14(45-27-20(35)16(31)18(33)22(47-27)25(39)40)13(9-12)23(36)28-3-4-41-5-6-42-7-8-44-26-19(34)15(30)17(32)21(46-26)24(37)38/h1-2,9,11,15-22,26-27,30-35H,3-8,10H2,(H,28,36)(H,37,38)(H,39,40)/t15-,16-,17-,18-,19+,20+,21-,22-,26+,27+/m0/s1. The molecule has 20 nitrogen and oxygen atoms in total. The highest BCUT2D eigenvalue weighted by atomic mass is 16.7. The van der Waals surface area contributed by atoms with Gasteiger partial charge >= 0.3 is 11.9 Å². The number of aliphatic hydroxyl groups is 6. The third-order valence-electron chi connectivity index (χ3n) is 6.89. The van der Waals surface area contributed by atoms with Crippen molar-refractivity contribution in [3.05, 3.63) is 29.3 Å². The summed E-state index contributed by atoms with van der Waals surface area (Å²) in [6.45, 7) is -0.0337. The molecule has 47 heavy (non-hydrogen) atoms. The lowest BCUT2D eigenvalue weighted by atomic mass is 9.99. The first-order chi connectivity index (χ1) is 22.4. The molecule has 1 aromatic rings. The van der Waals surface area contributed by atoms with E-state index >= 15 is 0 Å². The van der Waals surface area contributed by atoms with E-state index in [-0.39, 0.29) is 64.0 Å². The van der Waals surface area contributed by atoms with Gasteiger partial charge in [-0.25, -0.2) is 9.59 Å². The van der Waals surface area contributed by atoms with Gasteiger partial charge in [-0.1, -0.05) is 6.07 Å². The number of aliphatic carboxylic acids is 2. The number of hydrogen-bond acceptors (Lipinski definition) is 17. The molecule has 0 aromatic heterocycles. The van der Waals surface area contributed by atoms with Crippen LogP contribution in [-0.2, 0) is 49.4 Å². The number of amides is 1. The smallest absolute Gasteiger partial charge is 0.335 e. The van der Waals surface area contributed by atoms with Crippen LogP contribution in [0, 0.1) is 0 Å². The van der Waals surface area contributed by atoms with Crippen LogP contribution in [-0.4, -0.2) is 166 Å². The molecule has 3 rings (SSSR count). The third-order valence-corrected chi connectivity index (χ3v) is 6.89. The van der Waals surface area contributed by atoms with Crippen molar-refractivity contribution in [3.8, 4) is 5.75 Å². The zero-order chi connectivity index (χ0) is 34.7. The topological polar surface area (TPSA) is 307 Å². The van der Waals surface area contributed by atoms with E-state index in [9.17, 15) is 54.9 Å². The first kappa shape index (κ1) is 37.9. The molecule has 2 fully saturated rings. The highest BCUT2D eigenvalue weighted by molar-refractivity contribution is 5.97. The van der Waals surface area contributed by atoms with Gasteiger partial charge in [-0.3, -0.25) is 9.59 Å². The summed E-state index contributed by atoms with van der Waals surface area (Å²) in [5.41, 5.74) is 0.239. The van der Waals surface area contributed by atoms with Gasteiger partial charge in [-0.15, -0.1) is 0 Å². The Hall–Kier alpha value is -3.54. The van der Waals surface area contributed by atoms with E-state index in [1.54, 1.807) is 0 Å². The lowest BCUT2D eigenvalue weighted by Crippen LogP contribution is -2.61. The highest BCUT2D eigenvalue weighted by Crippen LogP contribution is 2.28. The van der Waals surface area contributed by atoms with Crippen LogP contribution in [0.5, 0.6) is 5.75 Å². The summed E-state index contributed by atoms with van der Waals surface area (Å²) in [6.07, 6.45) is -18.1. The number of rotatable bonds is 18. The Morgan fingerprint density at radius 1 is 0.745 bits per heavy atom. The summed E-state index contributed by atoms with van der Waals surface area (Å²) in [5.74, 6) is -4.07. The van der Waals surface area contributed by atoms with E-state index in [1.165, 1.54) is 18.2 Å². The molecule has 264 valence electrons. The fraction of sp³-hybridized carbons (Fsp3) is 0.630. The molecule has 1 aromatic carbocycles. The number of nitrogens with one attached hydrogen (secondary N) is 1. The molecule has 0 spiro atoms. The van der Waals surface area contributed by atoms with Gasteiger partial charge in [0.2, 0.25) is 6.29 Å². The fourth-order valence-electron chi connectivity index (χ4n) is 4.42. The second kappa shape index (κ2) is 18.1. The van der Waals surface area contributed by atoms with Gasteiger partial charge in [0, 0.05) is 6.54 Å². The number of carboxylic acids is 2. The van der Waals surface area contributed by atoms with E-state index < -0.39 is 79.3 Å². The molecule has 10 atom stereocenters. The Balaban J connectivity index is 1.43. The van der Waals surface area contributed by atoms with Crippen molar-refractivity contribution < 1.29 is 93.2 Å². The number of hydrogen-bond donors (Lipinski definition) is 9. The molecule has 2 heterocycles. The van der Waals surface area contributed by atoms with Crippen molar-refractivity contribution in [1.29, 1.82) is 0 Å². The van der Waals surface area contributed by atoms with E-state index in [4.69, 9.17) is 38.3 Å². The fourth-order valence-corrected chi connectivity index (χ4v) is 4.42. The van der Waals surface area contributed by atoms with Gasteiger partial charge in [0.1, 0.15) is 49.0 Å². The molecule has 1 amide bonds. The van der Waals surface area contributed by atoms with Crippen molar-refractivity contribution in [1.82, 2.24) is 5.32 Å². The van der Waals surface area contributed by atoms with Crippen LogP contribution in [0.1, 0.15) is 15.9 Å². The molecule has 0 unspecified atom stereocenters. The third kappa shape index (κ3) is 10.2. The van der Waals surface area contributed by atoms with Crippen molar-refractivity contribution in [2.45, 2.75) is 68.0 Å². The van der Waals surface area contributed by atoms with Crippen LogP contribution in [0.25, 0.3) is 0 Å². The van der Waals surface area contributed by atoms with Crippen LogP contribution in [0.3, 0.4) is 0 Å². The van der Waals surface area contributed by atoms with E-state index in [2.05, 4.69) is 5.32 Å². The number of carbonyl (C=O) groups excluding carboxylic acids is 2. The lowest BCUT2D eigenvalue weighted by Gasteiger charge is -2.38. The second-order valence-corrected chi connectivity index (χ2v) is 10.2. The molecule has 0 radical (unpaired) electrons. The molecule has 20 heteroatoms. The van der Waals surface area contributed by atoms with Crippen LogP contribution < -0.4 is 10.1 Å². The number of benzene rings is 1. The predicted octanol–water partition coefficient (Wildman–Crippen LogP) is -4.70. The van der Waals surface area contributed by atoms with Gasteiger partial charge in [0.15, 0.2) is 18.5 Å². The summed E-state index contributed by atoms with van der Waals surface area (Å²) in [5, 5.41) is 80.5. The maximum atomic E-state index is 13.0. The average Bonchev–Trinajstić information content (AvgIpc) is 3.04. The van der Waals surface area contributed by atoms with Crippen molar-refractivity contribution in [2.24, 2.45) is 0 Å². The van der Waals surface area contributed by atoms with Gasteiger partial charge in [-0.05, 0) is 17.7 Å². The monoisotopic (exact) mass is 679 g/mol. The molecule has 0 saturated carbocycles. The summed E-state index contributed by atoms with van der Waals surface area (Å²) in [7, 11) is 0. The second-order valence-electron chi connectivity index (χ2n) is 10.2. The number of carboxylic acid groups (broad SMARTS) is 2. The Morgan fingerprint density at radius 2 is 1.30 bits per heavy atom. The molecular formula is C27H37NO19. The zero-order valence-electron chi connectivity index (χ0n) is 24.6. The molecule has 9 N–H and O–H groups in total. The number of carbonyl (C=O) groups is 4. The number of ether oxygens (including phenoxy) is 7. The zero-order valence-corrected chi connectivity index (χ0v) is 24.6. The Morgan fingerprint density at radius 3 is 1.89 bits per heavy atom. The Kier molecular flexibility index (Phi) is 14.6.